The molecule has 0 saturated carbocycles. The molecule has 0 aliphatic rings. The topological polar surface area (TPSA) is 50.5 Å². The van der Waals surface area contributed by atoms with Crippen molar-refractivity contribution in [2.45, 2.75) is 23.9 Å². The Labute approximate surface area is 160 Å². The number of benzene rings is 3. The average molecular weight is 377 g/mol. The van der Waals surface area contributed by atoms with Crippen LogP contribution in [0.1, 0.15) is 28.8 Å². The van der Waals surface area contributed by atoms with Crippen LogP contribution >= 0.6 is 0 Å². The summed E-state index contributed by atoms with van der Waals surface area (Å²) in [6.07, 6.45) is 0. The van der Waals surface area contributed by atoms with E-state index in [1.807, 2.05) is 67.6 Å². The zero-order chi connectivity index (χ0) is 19.3. The van der Waals surface area contributed by atoms with Gasteiger partial charge in [-0.05, 0) is 24.6 Å². The van der Waals surface area contributed by atoms with Crippen LogP contribution in [-0.2, 0) is 10.0 Å². The van der Waals surface area contributed by atoms with Crippen molar-refractivity contribution in [3.8, 4) is 6.57 Å². The molecule has 1 N–H and O–H groups in total. The number of hydrogen-bond acceptors (Lipinski definition) is 2. The lowest BCUT2D eigenvalue weighted by Gasteiger charge is -2.19. The van der Waals surface area contributed by atoms with E-state index in [-0.39, 0.29) is 4.90 Å². The normalized spacial score (nSPS) is 13.5. The number of nitrogens with one attached hydrogen (secondary N) is 1. The van der Waals surface area contributed by atoms with Gasteiger partial charge in [-0.15, -0.1) is 0 Å². The third-order valence-electron chi connectivity index (χ3n) is 4.39. The van der Waals surface area contributed by atoms with E-state index in [1.165, 1.54) is 0 Å². The second-order valence-corrected chi connectivity index (χ2v) is 8.04. The first kappa shape index (κ1) is 18.8. The quantitative estimate of drug-likeness (QED) is 0.676. The van der Waals surface area contributed by atoms with Crippen molar-refractivity contribution in [1.29, 1.82) is 0 Å². The summed E-state index contributed by atoms with van der Waals surface area (Å²) in [5.41, 5.74) is 2.62. The Hall–Kier alpha value is -2.94. The van der Waals surface area contributed by atoms with Crippen LogP contribution < -0.4 is 4.72 Å². The van der Waals surface area contributed by atoms with Gasteiger partial charge in [0, 0.05) is 5.56 Å². The van der Waals surface area contributed by atoms with Gasteiger partial charge in [-0.2, -0.15) is 4.72 Å². The Morgan fingerprint density at radius 1 is 0.815 bits per heavy atom. The summed E-state index contributed by atoms with van der Waals surface area (Å²) in [5.74, 6) is 0. The molecule has 0 aliphatic carbocycles. The molecule has 136 valence electrons. The number of rotatable bonds is 6. The van der Waals surface area contributed by atoms with Gasteiger partial charge < -0.3 is 0 Å². The number of nitrogens with zero attached hydrogens (tertiary/aromatic N) is 1. The Morgan fingerprint density at radius 3 is 1.85 bits per heavy atom. The molecule has 4 nitrogen and oxygen atoms in total. The molecule has 3 aromatic rings. The van der Waals surface area contributed by atoms with Crippen molar-refractivity contribution >= 4 is 10.0 Å². The number of sulfonamides is 1. The summed E-state index contributed by atoms with van der Waals surface area (Å²) in [6.45, 7) is 7.62. The van der Waals surface area contributed by atoms with Gasteiger partial charge in [0.25, 0.3) is 6.57 Å². The maximum Gasteiger partial charge on any atom is 0.317 e. The van der Waals surface area contributed by atoms with Gasteiger partial charge in [0.05, 0.1) is 4.90 Å². The predicted molar refractivity (Wildman–Crippen MR) is 108 cm³/mol. The lowest BCUT2D eigenvalue weighted by atomic mass is 9.95. The summed E-state index contributed by atoms with van der Waals surface area (Å²) in [5, 5.41) is 0. The molecule has 0 bridgehead atoms. The molecule has 5 heteroatoms. The monoisotopic (exact) mass is 377 g/mol. The molecule has 0 aromatic heterocycles. The molecule has 0 amide bonds. The molecule has 0 heterocycles. The maximum atomic E-state index is 13.0. The smallest absolute Gasteiger partial charge is 0.207 e. The first-order chi connectivity index (χ1) is 13.0. The van der Waals surface area contributed by atoms with Crippen LogP contribution in [0.4, 0.5) is 0 Å². The van der Waals surface area contributed by atoms with Crippen molar-refractivity contribution in [3.63, 3.8) is 0 Å². The highest BCUT2D eigenvalue weighted by Crippen LogP contribution is 2.33. The van der Waals surface area contributed by atoms with E-state index in [0.717, 1.165) is 16.7 Å². The molecular weight excluding hydrogens is 356 g/mol. The van der Waals surface area contributed by atoms with Crippen molar-refractivity contribution < 1.29 is 8.42 Å². The lowest BCUT2D eigenvalue weighted by molar-refractivity contribution is 0.535. The first-order valence-corrected chi connectivity index (χ1v) is 10.1. The SMILES string of the molecule is C#[N+][C@H](c1ccccc1)[C@H](NS(=O)(=O)c1ccc(C)cc1)c1ccccc1. The fourth-order valence-electron chi connectivity index (χ4n) is 2.94. The van der Waals surface area contributed by atoms with Gasteiger partial charge in [0.15, 0.2) is 0 Å². The van der Waals surface area contributed by atoms with E-state index in [9.17, 15) is 8.42 Å². The zero-order valence-corrected chi connectivity index (χ0v) is 15.8. The summed E-state index contributed by atoms with van der Waals surface area (Å²) in [4.78, 5) is 4.21. The van der Waals surface area contributed by atoms with Gasteiger partial charge in [-0.1, -0.05) is 83.2 Å². The molecule has 2 atom stereocenters. The molecule has 0 aliphatic heterocycles. The molecule has 3 rings (SSSR count). The van der Waals surface area contributed by atoms with Gasteiger partial charge in [-0.25, -0.2) is 8.42 Å². The molecular formula is C22H21N2O2S+. The van der Waals surface area contributed by atoms with Crippen LogP contribution in [0, 0.1) is 13.5 Å². The summed E-state index contributed by atoms with van der Waals surface area (Å²) < 4.78 is 28.8. The molecule has 3 aromatic carbocycles. The van der Waals surface area contributed by atoms with Gasteiger partial charge in [-0.3, -0.25) is 0 Å². The second kappa shape index (κ2) is 8.17. The average Bonchev–Trinajstić information content (AvgIpc) is 2.69. The van der Waals surface area contributed by atoms with Crippen LogP contribution in [0.15, 0.2) is 89.8 Å². The first-order valence-electron chi connectivity index (χ1n) is 8.60. The molecule has 0 spiro atoms. The Balaban J connectivity index is 2.03. The zero-order valence-electron chi connectivity index (χ0n) is 15.0. The minimum Gasteiger partial charge on any atom is -0.207 e. The van der Waals surface area contributed by atoms with Crippen LogP contribution in [0.25, 0.3) is 4.85 Å². The van der Waals surface area contributed by atoms with Crippen LogP contribution in [-0.4, -0.2) is 8.42 Å². The highest BCUT2D eigenvalue weighted by Gasteiger charge is 2.36. The second-order valence-electron chi connectivity index (χ2n) is 6.33. The van der Waals surface area contributed by atoms with E-state index in [1.54, 1.807) is 24.3 Å². The standard InChI is InChI=1S/C22H21N2O2S/c1-17-13-15-20(16-14-17)27(25,26)24-22(19-11-7-4-8-12-19)21(23-2)18-9-5-3-6-10-18/h2-16,21-22,24H,1H3/q+1/t21-,22-/m1/s1. The van der Waals surface area contributed by atoms with Crippen LogP contribution in [0.5, 0.6) is 0 Å². The van der Waals surface area contributed by atoms with Crippen LogP contribution in [0.2, 0.25) is 0 Å². The summed E-state index contributed by atoms with van der Waals surface area (Å²) in [6, 6.07) is 24.3. The predicted octanol–water partition coefficient (Wildman–Crippen LogP) is 4.72. The van der Waals surface area contributed by atoms with Gasteiger partial charge in [0.2, 0.25) is 10.0 Å². The van der Waals surface area contributed by atoms with E-state index >= 15 is 0 Å². The highest BCUT2D eigenvalue weighted by atomic mass is 32.2. The highest BCUT2D eigenvalue weighted by molar-refractivity contribution is 7.89. The van der Waals surface area contributed by atoms with E-state index in [0.29, 0.717) is 0 Å². The van der Waals surface area contributed by atoms with Gasteiger partial charge >= 0.3 is 6.04 Å². The molecule has 0 fully saturated rings. The van der Waals surface area contributed by atoms with Crippen molar-refractivity contribution in [2.24, 2.45) is 0 Å². The van der Waals surface area contributed by atoms with Gasteiger partial charge in [0.1, 0.15) is 6.04 Å². The largest absolute Gasteiger partial charge is 0.317 e. The minimum atomic E-state index is -3.75. The maximum absolute atomic E-state index is 13.0. The van der Waals surface area contributed by atoms with Crippen molar-refractivity contribution in [3.05, 3.63) is 106 Å². The summed E-state index contributed by atoms with van der Waals surface area (Å²) >= 11 is 0. The third kappa shape index (κ3) is 4.43. The van der Waals surface area contributed by atoms with Crippen molar-refractivity contribution in [1.82, 2.24) is 4.72 Å². The summed E-state index contributed by atoms with van der Waals surface area (Å²) in [7, 11) is -3.75. The van der Waals surface area contributed by atoms with E-state index < -0.39 is 22.1 Å². The fourth-order valence-corrected chi connectivity index (χ4v) is 4.17. The third-order valence-corrected chi connectivity index (χ3v) is 5.85. The Morgan fingerprint density at radius 2 is 1.33 bits per heavy atom. The molecule has 0 radical (unpaired) electrons. The Kier molecular flexibility index (Phi) is 5.70. The molecule has 0 unspecified atom stereocenters. The van der Waals surface area contributed by atoms with E-state index in [2.05, 4.69) is 9.57 Å². The number of hydrogen-bond donors (Lipinski definition) is 1. The Bertz CT molecular complexity index is 1030. The van der Waals surface area contributed by atoms with Crippen molar-refractivity contribution in [2.75, 3.05) is 0 Å². The van der Waals surface area contributed by atoms with E-state index in [4.69, 9.17) is 6.57 Å². The minimum absolute atomic E-state index is 0.206. The fraction of sp³-hybridized carbons (Fsp3) is 0.136. The van der Waals surface area contributed by atoms with Crippen LogP contribution in [0.3, 0.4) is 0 Å². The molecule has 27 heavy (non-hydrogen) atoms. The number of aryl methyl sites for hydroxylation is 1. The lowest BCUT2D eigenvalue weighted by Crippen LogP contribution is -2.32. The molecule has 0 saturated heterocycles.